The maximum absolute atomic E-state index is 10.5. The molecule has 92 valence electrons. The molecule has 18 heavy (non-hydrogen) atoms. The Morgan fingerprint density at radius 3 is 3.00 bits per heavy atom. The van der Waals surface area contributed by atoms with E-state index in [1.165, 1.54) is 0 Å². The Kier molecular flexibility index (Phi) is 2.60. The van der Waals surface area contributed by atoms with Crippen molar-refractivity contribution in [1.82, 2.24) is 19.4 Å². The summed E-state index contributed by atoms with van der Waals surface area (Å²) in [5.74, 6) is 0. The molecule has 1 N–H and O–H groups in total. The van der Waals surface area contributed by atoms with Crippen molar-refractivity contribution in [3.63, 3.8) is 0 Å². The topological polar surface area (TPSA) is 55.3 Å². The predicted octanol–water partition coefficient (Wildman–Crippen LogP) is 1.63. The van der Waals surface area contributed by atoms with Crippen molar-refractivity contribution in [1.29, 1.82) is 0 Å². The summed E-state index contributed by atoms with van der Waals surface area (Å²) in [4.78, 5) is 0. The van der Waals surface area contributed by atoms with Gasteiger partial charge in [0, 0.05) is 24.5 Å². The number of aliphatic hydroxyl groups excluding tert-OH is 1. The first-order valence-electron chi connectivity index (χ1n) is 5.93. The molecule has 0 aliphatic heterocycles. The SMILES string of the molecule is CCn1nccc1C(O)c1cnn2ccccc12. The number of aromatic nitrogens is 4. The number of aryl methyl sites for hydroxylation is 1. The van der Waals surface area contributed by atoms with Crippen LogP contribution in [0.15, 0.2) is 42.9 Å². The van der Waals surface area contributed by atoms with Gasteiger partial charge in [0.05, 0.1) is 17.4 Å². The van der Waals surface area contributed by atoms with Crippen molar-refractivity contribution in [2.75, 3.05) is 0 Å². The molecular formula is C13H14N4O. The van der Waals surface area contributed by atoms with Gasteiger partial charge in [0.1, 0.15) is 6.10 Å². The summed E-state index contributed by atoms with van der Waals surface area (Å²) in [5.41, 5.74) is 2.50. The molecular weight excluding hydrogens is 228 g/mol. The highest BCUT2D eigenvalue weighted by Crippen LogP contribution is 2.25. The zero-order chi connectivity index (χ0) is 12.5. The fourth-order valence-electron chi connectivity index (χ4n) is 2.16. The van der Waals surface area contributed by atoms with Crippen LogP contribution >= 0.6 is 0 Å². The summed E-state index contributed by atoms with van der Waals surface area (Å²) in [6.07, 6.45) is 4.57. The highest BCUT2D eigenvalue weighted by Gasteiger charge is 2.18. The third-order valence-electron chi connectivity index (χ3n) is 3.08. The van der Waals surface area contributed by atoms with E-state index in [4.69, 9.17) is 0 Å². The van der Waals surface area contributed by atoms with Crippen LogP contribution in [-0.4, -0.2) is 24.5 Å². The van der Waals surface area contributed by atoms with Gasteiger partial charge in [0.25, 0.3) is 0 Å². The summed E-state index contributed by atoms with van der Waals surface area (Å²) in [6, 6.07) is 7.62. The van der Waals surface area contributed by atoms with E-state index in [9.17, 15) is 5.11 Å². The maximum atomic E-state index is 10.5. The van der Waals surface area contributed by atoms with Crippen LogP contribution in [0.5, 0.6) is 0 Å². The van der Waals surface area contributed by atoms with Crippen LogP contribution in [-0.2, 0) is 6.54 Å². The Morgan fingerprint density at radius 1 is 1.28 bits per heavy atom. The zero-order valence-electron chi connectivity index (χ0n) is 10.1. The second-order valence-electron chi connectivity index (χ2n) is 4.10. The normalized spacial score (nSPS) is 13.0. The highest BCUT2D eigenvalue weighted by molar-refractivity contribution is 5.55. The lowest BCUT2D eigenvalue weighted by Gasteiger charge is -2.11. The monoisotopic (exact) mass is 242 g/mol. The average molecular weight is 242 g/mol. The predicted molar refractivity (Wildman–Crippen MR) is 67.2 cm³/mol. The van der Waals surface area contributed by atoms with Gasteiger partial charge in [-0.25, -0.2) is 4.52 Å². The second kappa shape index (κ2) is 4.27. The molecule has 3 aromatic heterocycles. The molecule has 1 atom stereocenters. The Bertz CT molecular complexity index is 670. The van der Waals surface area contributed by atoms with Gasteiger partial charge in [-0.05, 0) is 25.1 Å². The minimum atomic E-state index is -0.702. The Hall–Kier alpha value is -2.14. The van der Waals surface area contributed by atoms with Crippen molar-refractivity contribution in [2.45, 2.75) is 19.6 Å². The minimum absolute atomic E-state index is 0.702. The number of pyridine rings is 1. The van der Waals surface area contributed by atoms with E-state index in [2.05, 4.69) is 10.2 Å². The van der Waals surface area contributed by atoms with Crippen LogP contribution in [0.2, 0.25) is 0 Å². The lowest BCUT2D eigenvalue weighted by atomic mass is 10.1. The molecule has 0 aliphatic rings. The summed E-state index contributed by atoms with van der Waals surface area (Å²) in [6.45, 7) is 2.73. The quantitative estimate of drug-likeness (QED) is 0.759. The molecule has 0 bridgehead atoms. The van der Waals surface area contributed by atoms with Gasteiger partial charge in [-0.15, -0.1) is 0 Å². The molecule has 1 unspecified atom stereocenters. The van der Waals surface area contributed by atoms with E-state index < -0.39 is 6.10 Å². The van der Waals surface area contributed by atoms with E-state index in [-0.39, 0.29) is 0 Å². The number of rotatable bonds is 3. The summed E-state index contributed by atoms with van der Waals surface area (Å²) < 4.78 is 3.54. The highest BCUT2D eigenvalue weighted by atomic mass is 16.3. The molecule has 3 rings (SSSR count). The maximum Gasteiger partial charge on any atom is 0.124 e. The van der Waals surface area contributed by atoms with Crippen molar-refractivity contribution in [2.24, 2.45) is 0 Å². The molecule has 3 aromatic rings. The smallest absolute Gasteiger partial charge is 0.124 e. The molecule has 3 heterocycles. The number of hydrogen-bond donors (Lipinski definition) is 1. The average Bonchev–Trinajstić information content (AvgIpc) is 3.04. The van der Waals surface area contributed by atoms with Crippen LogP contribution in [0, 0.1) is 0 Å². The van der Waals surface area contributed by atoms with E-state index in [0.717, 1.165) is 23.3 Å². The van der Waals surface area contributed by atoms with E-state index >= 15 is 0 Å². The largest absolute Gasteiger partial charge is 0.382 e. The molecule has 5 nitrogen and oxygen atoms in total. The standard InChI is InChI=1S/C13H14N4O/c1-2-16-12(6-7-14-16)13(18)10-9-15-17-8-4-3-5-11(10)17/h3-9,13,18H,2H2,1H3. The molecule has 0 saturated heterocycles. The molecule has 0 aromatic carbocycles. The van der Waals surface area contributed by atoms with E-state index in [0.29, 0.717) is 0 Å². The first kappa shape index (κ1) is 11.0. The van der Waals surface area contributed by atoms with Gasteiger partial charge in [-0.2, -0.15) is 10.2 Å². The number of nitrogens with zero attached hydrogens (tertiary/aromatic N) is 4. The third-order valence-corrected chi connectivity index (χ3v) is 3.08. The molecule has 0 saturated carbocycles. The van der Waals surface area contributed by atoms with Crippen molar-refractivity contribution in [3.8, 4) is 0 Å². The third kappa shape index (κ3) is 1.60. The van der Waals surface area contributed by atoms with Gasteiger partial charge in [0.2, 0.25) is 0 Å². The molecule has 0 spiro atoms. The zero-order valence-corrected chi connectivity index (χ0v) is 10.1. The first-order chi connectivity index (χ1) is 8.81. The molecule has 0 amide bonds. The van der Waals surface area contributed by atoms with Crippen molar-refractivity contribution in [3.05, 3.63) is 54.1 Å². The van der Waals surface area contributed by atoms with Crippen molar-refractivity contribution >= 4 is 5.52 Å². The van der Waals surface area contributed by atoms with Crippen molar-refractivity contribution < 1.29 is 5.11 Å². The Balaban J connectivity index is 2.09. The minimum Gasteiger partial charge on any atom is -0.382 e. The van der Waals surface area contributed by atoms with E-state index in [1.807, 2.05) is 37.4 Å². The molecule has 5 heteroatoms. The Labute approximate surface area is 104 Å². The van der Waals surface area contributed by atoms with Gasteiger partial charge in [-0.3, -0.25) is 4.68 Å². The number of hydrogen-bond acceptors (Lipinski definition) is 3. The van der Waals surface area contributed by atoms with Crippen LogP contribution in [0.3, 0.4) is 0 Å². The second-order valence-corrected chi connectivity index (χ2v) is 4.10. The summed E-state index contributed by atoms with van der Waals surface area (Å²) in [5, 5.41) is 18.9. The summed E-state index contributed by atoms with van der Waals surface area (Å²) >= 11 is 0. The Morgan fingerprint density at radius 2 is 2.17 bits per heavy atom. The van der Waals surface area contributed by atoms with Crippen LogP contribution in [0.25, 0.3) is 5.52 Å². The van der Waals surface area contributed by atoms with Gasteiger partial charge >= 0.3 is 0 Å². The fraction of sp³-hybridized carbons (Fsp3) is 0.231. The number of fused-ring (bicyclic) bond motifs is 1. The van der Waals surface area contributed by atoms with Gasteiger partial charge in [0.15, 0.2) is 0 Å². The van der Waals surface area contributed by atoms with E-state index in [1.54, 1.807) is 21.6 Å². The van der Waals surface area contributed by atoms with Gasteiger partial charge in [-0.1, -0.05) is 6.07 Å². The molecule has 0 fully saturated rings. The molecule has 0 aliphatic carbocycles. The van der Waals surface area contributed by atoms with Crippen LogP contribution < -0.4 is 0 Å². The lowest BCUT2D eigenvalue weighted by Crippen LogP contribution is -2.08. The van der Waals surface area contributed by atoms with Crippen LogP contribution in [0.1, 0.15) is 24.3 Å². The lowest BCUT2D eigenvalue weighted by molar-refractivity contribution is 0.209. The number of aliphatic hydroxyl groups is 1. The fourth-order valence-corrected chi connectivity index (χ4v) is 2.16. The summed E-state index contributed by atoms with van der Waals surface area (Å²) in [7, 11) is 0. The molecule has 0 radical (unpaired) electrons. The first-order valence-corrected chi connectivity index (χ1v) is 5.93. The van der Waals surface area contributed by atoms with Gasteiger partial charge < -0.3 is 5.11 Å². The van der Waals surface area contributed by atoms with Crippen LogP contribution in [0.4, 0.5) is 0 Å².